The average Bonchev–Trinajstić information content (AvgIpc) is 2.79. The highest BCUT2D eigenvalue weighted by Crippen LogP contribution is 2.33. The summed E-state index contributed by atoms with van der Waals surface area (Å²) in [5.41, 5.74) is 4.98. The second-order valence-corrected chi connectivity index (χ2v) is 8.86. The Labute approximate surface area is 194 Å². The van der Waals surface area contributed by atoms with Gasteiger partial charge in [0.25, 0.3) is 0 Å². The standard InChI is InChI=1S/C27H24O2S2/c1-18(27(28)29-26-22-12-7-4-10-20(22)15-17-25(26)31)8-2-5-13-23-21-11-6-3-9-19(21)14-16-24(23)30/h3-4,6-7,9-12,14-17,23,26H,1-2,5,8,13H2. The number of hydrogen-bond donors (Lipinski definition) is 0. The van der Waals surface area contributed by atoms with E-state index in [0.717, 1.165) is 35.3 Å². The number of unbranched alkanes of at least 4 members (excludes halogenated alkanes) is 1. The summed E-state index contributed by atoms with van der Waals surface area (Å²) in [5.74, 6) is -0.113. The predicted molar refractivity (Wildman–Crippen MR) is 135 cm³/mol. The van der Waals surface area contributed by atoms with Crippen LogP contribution in [0.4, 0.5) is 0 Å². The van der Waals surface area contributed by atoms with Gasteiger partial charge in [-0.3, -0.25) is 0 Å². The number of ether oxygens (including phenoxy) is 1. The van der Waals surface area contributed by atoms with Crippen LogP contribution in [0.2, 0.25) is 0 Å². The summed E-state index contributed by atoms with van der Waals surface area (Å²) in [6.07, 6.45) is 10.8. The topological polar surface area (TPSA) is 26.3 Å². The lowest BCUT2D eigenvalue weighted by Crippen LogP contribution is -2.21. The number of rotatable bonds is 7. The second kappa shape index (κ2) is 9.63. The van der Waals surface area contributed by atoms with Gasteiger partial charge in [0.2, 0.25) is 0 Å². The molecule has 0 aliphatic heterocycles. The summed E-state index contributed by atoms with van der Waals surface area (Å²) >= 11 is 11.0. The molecular weight excluding hydrogens is 420 g/mol. The molecule has 4 heteroatoms. The fourth-order valence-corrected chi connectivity index (χ4v) is 4.69. The third kappa shape index (κ3) is 4.81. The van der Waals surface area contributed by atoms with Gasteiger partial charge in [-0.1, -0.05) is 98.1 Å². The number of esters is 1. The number of carbonyl (C=O) groups is 1. The molecule has 2 unspecified atom stereocenters. The molecule has 0 saturated heterocycles. The molecule has 2 aliphatic carbocycles. The first-order valence-corrected chi connectivity index (χ1v) is 11.4. The Morgan fingerprint density at radius 2 is 1.45 bits per heavy atom. The van der Waals surface area contributed by atoms with E-state index in [0.29, 0.717) is 16.9 Å². The van der Waals surface area contributed by atoms with Gasteiger partial charge in [-0.2, -0.15) is 0 Å². The number of thiocarbonyl (C=S) groups is 2. The molecule has 2 aliphatic rings. The molecule has 0 amide bonds. The van der Waals surface area contributed by atoms with Crippen LogP contribution in [0.5, 0.6) is 0 Å². The number of carbonyl (C=O) groups excluding carboxylic acids is 1. The minimum Gasteiger partial charge on any atom is -0.448 e. The van der Waals surface area contributed by atoms with Crippen molar-refractivity contribution in [2.45, 2.75) is 37.7 Å². The number of hydrogen-bond acceptors (Lipinski definition) is 4. The van der Waals surface area contributed by atoms with Gasteiger partial charge in [-0.05, 0) is 48.1 Å². The van der Waals surface area contributed by atoms with Crippen molar-refractivity contribution in [2.75, 3.05) is 0 Å². The highest BCUT2D eigenvalue weighted by molar-refractivity contribution is 7.81. The SMILES string of the molecule is C=C(CCCCC1C(=S)C=Cc2ccccc21)C(=O)OC1C(=S)C=Cc2ccccc21. The van der Waals surface area contributed by atoms with Crippen LogP contribution in [0, 0.1) is 0 Å². The van der Waals surface area contributed by atoms with Crippen LogP contribution in [0.15, 0.2) is 72.8 Å². The van der Waals surface area contributed by atoms with Crippen molar-refractivity contribution in [3.05, 3.63) is 95.1 Å². The number of allylic oxidation sites excluding steroid dienone is 1. The molecule has 4 rings (SSSR count). The van der Waals surface area contributed by atoms with E-state index >= 15 is 0 Å². The van der Waals surface area contributed by atoms with E-state index in [4.69, 9.17) is 29.2 Å². The Morgan fingerprint density at radius 3 is 2.19 bits per heavy atom. The molecule has 0 N–H and O–H groups in total. The maximum absolute atomic E-state index is 12.6. The van der Waals surface area contributed by atoms with Gasteiger partial charge in [0, 0.05) is 21.9 Å². The van der Waals surface area contributed by atoms with Crippen LogP contribution < -0.4 is 0 Å². The van der Waals surface area contributed by atoms with Gasteiger partial charge in [-0.15, -0.1) is 0 Å². The van der Waals surface area contributed by atoms with Crippen molar-refractivity contribution < 1.29 is 9.53 Å². The first-order valence-electron chi connectivity index (χ1n) is 10.5. The molecule has 2 nitrogen and oxygen atoms in total. The smallest absolute Gasteiger partial charge is 0.334 e. The maximum Gasteiger partial charge on any atom is 0.334 e. The van der Waals surface area contributed by atoms with Crippen molar-refractivity contribution in [3.63, 3.8) is 0 Å². The highest BCUT2D eigenvalue weighted by Gasteiger charge is 2.26. The largest absolute Gasteiger partial charge is 0.448 e. The van der Waals surface area contributed by atoms with Crippen molar-refractivity contribution >= 4 is 52.3 Å². The minimum absolute atomic E-state index is 0.263. The predicted octanol–water partition coefficient (Wildman–Crippen LogP) is 6.96. The summed E-state index contributed by atoms with van der Waals surface area (Å²) in [4.78, 5) is 14.2. The minimum atomic E-state index is -0.525. The Kier molecular flexibility index (Phi) is 6.69. The van der Waals surface area contributed by atoms with Crippen LogP contribution in [-0.2, 0) is 9.53 Å². The van der Waals surface area contributed by atoms with Crippen molar-refractivity contribution in [1.82, 2.24) is 0 Å². The van der Waals surface area contributed by atoms with Gasteiger partial charge < -0.3 is 4.74 Å². The van der Waals surface area contributed by atoms with Crippen LogP contribution in [0.1, 0.15) is 60.0 Å². The average molecular weight is 445 g/mol. The van der Waals surface area contributed by atoms with Crippen molar-refractivity contribution in [3.8, 4) is 0 Å². The Balaban J connectivity index is 1.29. The molecule has 0 saturated carbocycles. The van der Waals surface area contributed by atoms with Crippen LogP contribution in [0.3, 0.4) is 0 Å². The lowest BCUT2D eigenvalue weighted by molar-refractivity contribution is -0.141. The molecule has 0 spiro atoms. The maximum atomic E-state index is 12.6. The third-order valence-electron chi connectivity index (χ3n) is 5.84. The fraction of sp³-hybridized carbons (Fsp3) is 0.222. The van der Waals surface area contributed by atoms with Crippen LogP contribution in [-0.4, -0.2) is 15.7 Å². The molecular formula is C27H24O2S2. The summed E-state index contributed by atoms with van der Waals surface area (Å²) in [6.45, 7) is 3.96. The molecule has 2 aromatic carbocycles. The summed E-state index contributed by atoms with van der Waals surface area (Å²) < 4.78 is 5.74. The number of benzene rings is 2. The molecule has 0 radical (unpaired) electrons. The summed E-state index contributed by atoms with van der Waals surface area (Å²) in [7, 11) is 0. The highest BCUT2D eigenvalue weighted by atomic mass is 32.1. The second-order valence-electron chi connectivity index (χ2n) is 7.92. The van der Waals surface area contributed by atoms with Gasteiger partial charge in [-0.25, -0.2) is 4.79 Å². The van der Waals surface area contributed by atoms with Gasteiger partial charge in [0.1, 0.15) is 0 Å². The fourth-order valence-electron chi connectivity index (χ4n) is 4.13. The zero-order chi connectivity index (χ0) is 21.8. The van der Waals surface area contributed by atoms with Crippen molar-refractivity contribution in [2.24, 2.45) is 0 Å². The molecule has 0 aromatic heterocycles. The lowest BCUT2D eigenvalue weighted by atomic mass is 9.83. The molecule has 2 atom stereocenters. The van der Waals surface area contributed by atoms with E-state index in [1.54, 1.807) is 0 Å². The Morgan fingerprint density at radius 1 is 0.839 bits per heavy atom. The summed E-state index contributed by atoms with van der Waals surface area (Å²) in [5, 5.41) is 0. The van der Waals surface area contributed by atoms with Gasteiger partial charge >= 0.3 is 5.97 Å². The van der Waals surface area contributed by atoms with Crippen LogP contribution >= 0.6 is 24.4 Å². The normalized spacial score (nSPS) is 19.0. The molecule has 31 heavy (non-hydrogen) atoms. The molecule has 0 heterocycles. The van der Waals surface area contributed by atoms with E-state index in [-0.39, 0.29) is 11.9 Å². The van der Waals surface area contributed by atoms with E-state index in [2.05, 4.69) is 36.9 Å². The van der Waals surface area contributed by atoms with E-state index < -0.39 is 6.10 Å². The van der Waals surface area contributed by atoms with Crippen molar-refractivity contribution in [1.29, 1.82) is 0 Å². The zero-order valence-corrected chi connectivity index (χ0v) is 18.9. The first kappa shape index (κ1) is 21.5. The molecule has 0 fully saturated rings. The Hall–Kier alpha value is -2.69. The molecule has 156 valence electrons. The molecule has 2 aromatic rings. The van der Waals surface area contributed by atoms with E-state index in [1.807, 2.05) is 42.5 Å². The third-order valence-corrected chi connectivity index (χ3v) is 6.61. The van der Waals surface area contributed by atoms with Gasteiger partial charge in [0.05, 0.1) is 4.86 Å². The zero-order valence-electron chi connectivity index (χ0n) is 17.3. The Bertz CT molecular complexity index is 1110. The van der Waals surface area contributed by atoms with E-state index in [1.165, 1.54) is 11.1 Å². The monoisotopic (exact) mass is 444 g/mol. The first-order chi connectivity index (χ1) is 15.0. The van der Waals surface area contributed by atoms with E-state index in [9.17, 15) is 4.79 Å². The van der Waals surface area contributed by atoms with Gasteiger partial charge in [0.15, 0.2) is 6.10 Å². The molecule has 0 bridgehead atoms. The lowest BCUT2D eigenvalue weighted by Gasteiger charge is -2.23. The quantitative estimate of drug-likeness (QED) is 0.199. The summed E-state index contributed by atoms with van der Waals surface area (Å²) in [6, 6.07) is 16.2. The number of fused-ring (bicyclic) bond motifs is 2. The van der Waals surface area contributed by atoms with Crippen LogP contribution in [0.25, 0.3) is 12.2 Å².